The van der Waals surface area contributed by atoms with Crippen LogP contribution in [0.5, 0.6) is 5.75 Å². The summed E-state index contributed by atoms with van der Waals surface area (Å²) in [5, 5.41) is 11.9. The predicted molar refractivity (Wildman–Crippen MR) is 132 cm³/mol. The molecule has 0 amide bonds. The number of nitrogens with zero attached hydrogens (tertiary/aromatic N) is 1. The zero-order valence-electron chi connectivity index (χ0n) is 20.2. The lowest BCUT2D eigenvalue weighted by atomic mass is 9.72. The Balaban J connectivity index is 1.73. The molecule has 0 bridgehead atoms. The number of H-pyrrole nitrogens is 1. The van der Waals surface area contributed by atoms with Crippen LogP contribution in [0, 0.1) is 6.92 Å². The zero-order valence-corrected chi connectivity index (χ0v) is 20.2. The average Bonchev–Trinajstić information content (AvgIpc) is 3.21. The Labute approximate surface area is 202 Å². The normalized spacial score (nSPS) is 14.2. The molecule has 0 radical (unpaired) electrons. The lowest BCUT2D eigenvalue weighted by Gasteiger charge is -2.38. The van der Waals surface area contributed by atoms with Gasteiger partial charge in [-0.2, -0.15) is 13.2 Å². The van der Waals surface area contributed by atoms with E-state index in [1.807, 2.05) is 42.5 Å². The first-order valence-corrected chi connectivity index (χ1v) is 11.4. The minimum absolute atomic E-state index is 0.303. The third-order valence-corrected chi connectivity index (χ3v) is 6.58. The monoisotopic (exact) mass is 482 g/mol. The largest absolute Gasteiger partial charge is 0.496 e. The number of aromatic amines is 1. The zero-order chi connectivity index (χ0) is 25.4. The van der Waals surface area contributed by atoms with Gasteiger partial charge in [-0.15, -0.1) is 0 Å². The number of aliphatic hydroxyl groups is 1. The highest BCUT2D eigenvalue weighted by molar-refractivity contribution is 5.82. The van der Waals surface area contributed by atoms with Crippen LogP contribution in [0.2, 0.25) is 0 Å². The second-order valence-electron chi connectivity index (χ2n) is 9.70. The molecule has 184 valence electrons. The number of halogens is 3. The van der Waals surface area contributed by atoms with Crippen LogP contribution in [0.15, 0.2) is 66.9 Å². The molecule has 2 aromatic heterocycles. The number of fused-ring (bicyclic) bond motifs is 1. The van der Waals surface area contributed by atoms with Gasteiger partial charge in [0, 0.05) is 40.5 Å². The van der Waals surface area contributed by atoms with Gasteiger partial charge in [0.1, 0.15) is 5.75 Å². The molecule has 7 heteroatoms. The fourth-order valence-electron chi connectivity index (χ4n) is 4.80. The number of benzene rings is 2. The summed E-state index contributed by atoms with van der Waals surface area (Å²) >= 11 is 0. The molecule has 4 aromatic rings. The Kier molecular flexibility index (Phi) is 6.40. The summed E-state index contributed by atoms with van der Waals surface area (Å²) in [5.41, 5.74) is 0.0781. The van der Waals surface area contributed by atoms with E-state index in [2.05, 4.69) is 9.97 Å². The van der Waals surface area contributed by atoms with Crippen LogP contribution in [0.25, 0.3) is 22.0 Å². The highest BCUT2D eigenvalue weighted by Crippen LogP contribution is 2.46. The molecular weight excluding hydrogens is 453 g/mol. The number of aryl methyl sites for hydroxylation is 1. The third-order valence-electron chi connectivity index (χ3n) is 6.58. The van der Waals surface area contributed by atoms with Gasteiger partial charge in [-0.1, -0.05) is 50.2 Å². The van der Waals surface area contributed by atoms with Crippen molar-refractivity contribution in [3.8, 4) is 16.9 Å². The first kappa shape index (κ1) is 24.8. The lowest BCUT2D eigenvalue weighted by molar-refractivity contribution is -0.266. The Morgan fingerprint density at radius 3 is 2.31 bits per heavy atom. The van der Waals surface area contributed by atoms with Gasteiger partial charge in [-0.3, -0.25) is 4.98 Å². The van der Waals surface area contributed by atoms with Crippen molar-refractivity contribution in [1.29, 1.82) is 0 Å². The number of hydrogen-bond acceptors (Lipinski definition) is 3. The first-order valence-electron chi connectivity index (χ1n) is 11.4. The molecule has 0 fully saturated rings. The smallest absolute Gasteiger partial charge is 0.417 e. The maximum absolute atomic E-state index is 14.4. The lowest BCUT2D eigenvalue weighted by Crippen LogP contribution is -2.51. The Morgan fingerprint density at radius 2 is 1.69 bits per heavy atom. The van der Waals surface area contributed by atoms with Crippen molar-refractivity contribution < 1.29 is 23.0 Å². The Morgan fingerprint density at radius 1 is 0.971 bits per heavy atom. The van der Waals surface area contributed by atoms with Crippen LogP contribution < -0.4 is 4.74 Å². The van der Waals surface area contributed by atoms with E-state index in [1.54, 1.807) is 45.2 Å². The van der Waals surface area contributed by atoms with Crippen molar-refractivity contribution in [2.24, 2.45) is 0 Å². The van der Waals surface area contributed by atoms with Gasteiger partial charge in [0.05, 0.1) is 7.11 Å². The molecule has 0 spiro atoms. The highest BCUT2D eigenvalue weighted by atomic mass is 19.4. The van der Waals surface area contributed by atoms with Crippen LogP contribution in [-0.4, -0.2) is 34.0 Å². The SMILES string of the molecule is COc1ccc(-c2ccccc2)cc1C(C)(C)CC(O)(Cc1cc2c(C)nccc2[nH]1)C(F)(F)F. The molecule has 0 saturated carbocycles. The van der Waals surface area contributed by atoms with E-state index >= 15 is 0 Å². The molecule has 2 aromatic carbocycles. The van der Waals surface area contributed by atoms with Crippen LogP contribution in [0.3, 0.4) is 0 Å². The van der Waals surface area contributed by atoms with Gasteiger partial charge in [-0.05, 0) is 54.2 Å². The molecule has 4 nitrogen and oxygen atoms in total. The van der Waals surface area contributed by atoms with Crippen LogP contribution in [0.1, 0.15) is 37.2 Å². The maximum Gasteiger partial charge on any atom is 0.417 e. The average molecular weight is 483 g/mol. The van der Waals surface area contributed by atoms with Crippen molar-refractivity contribution in [3.05, 3.63) is 83.8 Å². The third kappa shape index (κ3) is 4.91. The summed E-state index contributed by atoms with van der Waals surface area (Å²) in [7, 11) is 1.49. The van der Waals surface area contributed by atoms with Crippen molar-refractivity contribution in [2.45, 2.75) is 50.8 Å². The highest BCUT2D eigenvalue weighted by Gasteiger charge is 2.56. The number of alkyl halides is 3. The van der Waals surface area contributed by atoms with E-state index in [-0.39, 0.29) is 0 Å². The molecule has 0 aliphatic carbocycles. The standard InChI is InChI=1S/C28H29F3N2O2/c1-18-22-15-21(33-24(22)12-13-32-18)16-27(34,28(29,30)31)17-26(2,3)23-14-20(10-11-25(23)35-4)19-8-6-5-7-9-19/h5-15,33-34H,16-17H2,1-4H3. The molecular formula is C28H29F3N2O2. The van der Waals surface area contributed by atoms with E-state index in [4.69, 9.17) is 4.74 Å². The Hall–Kier alpha value is -3.32. The van der Waals surface area contributed by atoms with E-state index in [1.165, 1.54) is 7.11 Å². The molecule has 2 heterocycles. The van der Waals surface area contributed by atoms with Crippen molar-refractivity contribution >= 4 is 10.9 Å². The number of nitrogens with one attached hydrogen (secondary N) is 1. The van der Waals surface area contributed by atoms with E-state index in [0.717, 1.165) is 16.5 Å². The molecule has 0 aliphatic heterocycles. The molecule has 1 unspecified atom stereocenters. The second-order valence-corrected chi connectivity index (χ2v) is 9.70. The molecule has 35 heavy (non-hydrogen) atoms. The first-order chi connectivity index (χ1) is 16.4. The number of pyridine rings is 1. The van der Waals surface area contributed by atoms with Crippen molar-refractivity contribution in [1.82, 2.24) is 9.97 Å². The summed E-state index contributed by atoms with van der Waals surface area (Å²) in [6.45, 7) is 5.20. The van der Waals surface area contributed by atoms with Gasteiger partial charge >= 0.3 is 6.18 Å². The number of methoxy groups -OCH3 is 1. The number of ether oxygens (including phenoxy) is 1. The predicted octanol–water partition coefficient (Wildman–Crippen LogP) is 6.75. The van der Waals surface area contributed by atoms with Gasteiger partial charge in [0.25, 0.3) is 0 Å². The molecule has 1 atom stereocenters. The van der Waals surface area contributed by atoms with Gasteiger partial charge in [0.2, 0.25) is 0 Å². The maximum atomic E-state index is 14.4. The van der Waals surface area contributed by atoms with E-state index in [9.17, 15) is 18.3 Å². The Bertz CT molecular complexity index is 1330. The summed E-state index contributed by atoms with van der Waals surface area (Å²) in [6, 6.07) is 18.4. The minimum Gasteiger partial charge on any atom is -0.496 e. The quantitative estimate of drug-likeness (QED) is 0.306. The summed E-state index contributed by atoms with van der Waals surface area (Å²) < 4.78 is 48.7. The topological polar surface area (TPSA) is 58.1 Å². The van der Waals surface area contributed by atoms with Gasteiger partial charge in [0.15, 0.2) is 5.60 Å². The van der Waals surface area contributed by atoms with Crippen molar-refractivity contribution in [3.63, 3.8) is 0 Å². The summed E-state index contributed by atoms with van der Waals surface area (Å²) in [6.07, 6.45) is -4.40. The molecule has 2 N–H and O–H groups in total. The number of hydrogen-bond donors (Lipinski definition) is 2. The number of aromatic nitrogens is 2. The van der Waals surface area contributed by atoms with Crippen LogP contribution in [-0.2, 0) is 11.8 Å². The second kappa shape index (κ2) is 9.04. The van der Waals surface area contributed by atoms with E-state index in [0.29, 0.717) is 28.2 Å². The number of rotatable bonds is 7. The summed E-state index contributed by atoms with van der Waals surface area (Å²) in [4.78, 5) is 7.22. The summed E-state index contributed by atoms with van der Waals surface area (Å²) in [5.74, 6) is 0.478. The fourth-order valence-corrected chi connectivity index (χ4v) is 4.80. The minimum atomic E-state index is -4.85. The van der Waals surface area contributed by atoms with Gasteiger partial charge in [-0.25, -0.2) is 0 Å². The molecule has 0 aliphatic rings. The van der Waals surface area contributed by atoms with Crippen molar-refractivity contribution in [2.75, 3.05) is 7.11 Å². The van der Waals surface area contributed by atoms with E-state index < -0.39 is 30.0 Å². The van der Waals surface area contributed by atoms with Crippen LogP contribution >= 0.6 is 0 Å². The fraction of sp³-hybridized carbons (Fsp3) is 0.321. The molecule has 4 rings (SSSR count). The molecule has 0 saturated heterocycles. The van der Waals surface area contributed by atoms with Gasteiger partial charge < -0.3 is 14.8 Å². The van der Waals surface area contributed by atoms with Crippen LogP contribution in [0.4, 0.5) is 13.2 Å².